The fourth-order valence-electron chi connectivity index (χ4n) is 2.97. The number of carbonyl (C=O) groups is 1. The van der Waals surface area contributed by atoms with Crippen molar-refractivity contribution in [1.29, 1.82) is 0 Å². The van der Waals surface area contributed by atoms with E-state index in [2.05, 4.69) is 5.32 Å². The van der Waals surface area contributed by atoms with Gasteiger partial charge in [0.05, 0.1) is 11.4 Å². The number of halogens is 1. The summed E-state index contributed by atoms with van der Waals surface area (Å²) < 4.78 is 15.6. The molecule has 2 aromatic rings. The second kappa shape index (κ2) is 5.87. The van der Waals surface area contributed by atoms with Gasteiger partial charge in [0.15, 0.2) is 0 Å². The summed E-state index contributed by atoms with van der Waals surface area (Å²) in [6.07, 6.45) is 1.97. The van der Waals surface area contributed by atoms with Crippen molar-refractivity contribution in [3.63, 3.8) is 0 Å². The molecule has 1 aromatic heterocycles. The normalized spacial score (nSPS) is 13.0. The van der Waals surface area contributed by atoms with Crippen LogP contribution in [0, 0.1) is 5.82 Å². The maximum Gasteiger partial charge on any atom is 0.339 e. The Labute approximate surface area is 132 Å². The van der Waals surface area contributed by atoms with Gasteiger partial charge in [-0.1, -0.05) is 13.0 Å². The highest BCUT2D eigenvalue weighted by Gasteiger charge is 2.24. The number of pyridine rings is 1. The van der Waals surface area contributed by atoms with Gasteiger partial charge >= 0.3 is 5.97 Å². The molecule has 1 aliphatic heterocycles. The third kappa shape index (κ3) is 2.72. The second-order valence-corrected chi connectivity index (χ2v) is 5.57. The van der Waals surface area contributed by atoms with E-state index >= 15 is 0 Å². The number of aromatic carboxylic acids is 1. The lowest BCUT2D eigenvalue weighted by molar-refractivity contribution is 0.0696. The second-order valence-electron chi connectivity index (χ2n) is 5.57. The number of nitrogens with zero attached hydrogens (tertiary/aromatic N) is 1. The maximum absolute atomic E-state index is 14.1. The molecule has 5 nitrogen and oxygen atoms in total. The number of hydrogen-bond donors (Lipinski definition) is 2. The van der Waals surface area contributed by atoms with E-state index in [1.54, 1.807) is 12.1 Å². The van der Waals surface area contributed by atoms with Crippen LogP contribution in [0.3, 0.4) is 0 Å². The Morgan fingerprint density at radius 1 is 1.35 bits per heavy atom. The van der Waals surface area contributed by atoms with E-state index in [0.29, 0.717) is 25.1 Å². The molecule has 1 aliphatic rings. The maximum atomic E-state index is 14.1. The SMILES string of the molecule is CCc1ccc(Nc2cc(=O)n3c(c2C(=O)O)CCC3)c(F)c1. The van der Waals surface area contributed by atoms with Crippen molar-refractivity contribution in [2.75, 3.05) is 5.32 Å². The summed E-state index contributed by atoms with van der Waals surface area (Å²) in [6, 6.07) is 5.96. The van der Waals surface area contributed by atoms with Crippen molar-refractivity contribution in [3.05, 3.63) is 57.3 Å². The Morgan fingerprint density at radius 2 is 2.13 bits per heavy atom. The number of aromatic nitrogens is 1. The van der Waals surface area contributed by atoms with Crippen LogP contribution in [-0.2, 0) is 19.4 Å². The Balaban J connectivity index is 2.09. The summed E-state index contributed by atoms with van der Waals surface area (Å²) in [4.78, 5) is 23.7. The van der Waals surface area contributed by atoms with Crippen LogP contribution >= 0.6 is 0 Å². The molecule has 3 rings (SSSR count). The monoisotopic (exact) mass is 316 g/mol. The largest absolute Gasteiger partial charge is 0.478 e. The highest BCUT2D eigenvalue weighted by molar-refractivity contribution is 5.96. The number of hydrogen-bond acceptors (Lipinski definition) is 3. The first-order valence-electron chi connectivity index (χ1n) is 7.56. The number of carboxylic acid groups (broad SMARTS) is 1. The van der Waals surface area contributed by atoms with Crippen LogP contribution in [0.2, 0.25) is 0 Å². The minimum Gasteiger partial charge on any atom is -0.478 e. The smallest absolute Gasteiger partial charge is 0.339 e. The summed E-state index contributed by atoms with van der Waals surface area (Å²) in [5.41, 5.74) is 1.42. The quantitative estimate of drug-likeness (QED) is 0.910. The average Bonchev–Trinajstić information content (AvgIpc) is 2.98. The predicted octanol–water partition coefficient (Wildman–Crippen LogP) is 2.94. The van der Waals surface area contributed by atoms with E-state index in [1.807, 2.05) is 6.92 Å². The third-order valence-corrected chi connectivity index (χ3v) is 4.14. The lowest BCUT2D eigenvalue weighted by atomic mass is 10.1. The molecule has 0 radical (unpaired) electrons. The molecule has 0 unspecified atom stereocenters. The van der Waals surface area contributed by atoms with Crippen LogP contribution in [0.5, 0.6) is 0 Å². The van der Waals surface area contributed by atoms with Crippen molar-refractivity contribution in [2.24, 2.45) is 0 Å². The van der Waals surface area contributed by atoms with Gasteiger partial charge in [0.2, 0.25) is 0 Å². The van der Waals surface area contributed by atoms with Crippen molar-refractivity contribution in [1.82, 2.24) is 4.57 Å². The third-order valence-electron chi connectivity index (χ3n) is 4.14. The van der Waals surface area contributed by atoms with Gasteiger partial charge in [0.25, 0.3) is 5.56 Å². The van der Waals surface area contributed by atoms with Crippen molar-refractivity contribution < 1.29 is 14.3 Å². The van der Waals surface area contributed by atoms with E-state index in [4.69, 9.17) is 0 Å². The molecule has 0 saturated carbocycles. The minimum absolute atomic E-state index is 0.0427. The van der Waals surface area contributed by atoms with Gasteiger partial charge in [0.1, 0.15) is 11.4 Å². The van der Waals surface area contributed by atoms with Gasteiger partial charge in [-0.2, -0.15) is 0 Å². The first-order chi connectivity index (χ1) is 11.0. The van der Waals surface area contributed by atoms with Crippen LogP contribution in [0.15, 0.2) is 29.1 Å². The van der Waals surface area contributed by atoms with Crippen molar-refractivity contribution >= 4 is 17.3 Å². The average molecular weight is 316 g/mol. The molecule has 1 aromatic carbocycles. The molecule has 23 heavy (non-hydrogen) atoms. The number of carboxylic acids is 1. The van der Waals surface area contributed by atoms with E-state index in [-0.39, 0.29) is 22.5 Å². The van der Waals surface area contributed by atoms with Gasteiger partial charge in [-0.15, -0.1) is 0 Å². The highest BCUT2D eigenvalue weighted by Crippen LogP contribution is 2.28. The summed E-state index contributed by atoms with van der Waals surface area (Å²) >= 11 is 0. The lowest BCUT2D eigenvalue weighted by Gasteiger charge is -2.14. The molecule has 2 N–H and O–H groups in total. The summed E-state index contributed by atoms with van der Waals surface area (Å²) in [5.74, 6) is -1.59. The topological polar surface area (TPSA) is 71.3 Å². The molecule has 0 amide bonds. The van der Waals surface area contributed by atoms with Crippen LogP contribution in [0.1, 0.15) is 35.0 Å². The van der Waals surface area contributed by atoms with Gasteiger partial charge in [-0.25, -0.2) is 9.18 Å². The number of aryl methyl sites for hydroxylation is 1. The zero-order valence-electron chi connectivity index (χ0n) is 12.7. The molecule has 0 fully saturated rings. The summed E-state index contributed by atoms with van der Waals surface area (Å²) in [7, 11) is 0. The van der Waals surface area contributed by atoms with Gasteiger partial charge in [-0.05, 0) is 37.0 Å². The Bertz CT molecular complexity index is 842. The molecule has 0 saturated heterocycles. The predicted molar refractivity (Wildman–Crippen MR) is 85.0 cm³/mol. The molecule has 6 heteroatoms. The molecule has 0 atom stereocenters. The number of benzene rings is 1. The van der Waals surface area contributed by atoms with Crippen LogP contribution < -0.4 is 10.9 Å². The Kier molecular flexibility index (Phi) is 3.90. The van der Waals surface area contributed by atoms with Gasteiger partial charge in [0, 0.05) is 18.3 Å². The van der Waals surface area contributed by atoms with Gasteiger partial charge in [-0.3, -0.25) is 4.79 Å². The number of anilines is 2. The van der Waals surface area contributed by atoms with E-state index in [9.17, 15) is 19.1 Å². The fraction of sp³-hybridized carbons (Fsp3) is 0.294. The number of nitrogens with one attached hydrogen (secondary N) is 1. The van der Waals surface area contributed by atoms with Gasteiger partial charge < -0.3 is 15.0 Å². The fourth-order valence-corrected chi connectivity index (χ4v) is 2.97. The molecule has 2 heterocycles. The summed E-state index contributed by atoms with van der Waals surface area (Å²) in [6.45, 7) is 2.44. The van der Waals surface area contributed by atoms with Crippen molar-refractivity contribution in [2.45, 2.75) is 32.7 Å². The Morgan fingerprint density at radius 3 is 2.78 bits per heavy atom. The van der Waals surface area contributed by atoms with E-state index in [1.165, 1.54) is 16.7 Å². The minimum atomic E-state index is -1.12. The zero-order valence-corrected chi connectivity index (χ0v) is 12.7. The lowest BCUT2D eigenvalue weighted by Crippen LogP contribution is -2.23. The van der Waals surface area contributed by atoms with Crippen LogP contribution in [0.4, 0.5) is 15.8 Å². The first kappa shape index (κ1) is 15.3. The molecular weight excluding hydrogens is 299 g/mol. The van der Waals surface area contributed by atoms with E-state index in [0.717, 1.165) is 12.0 Å². The van der Waals surface area contributed by atoms with E-state index < -0.39 is 11.8 Å². The first-order valence-corrected chi connectivity index (χ1v) is 7.56. The number of rotatable bonds is 4. The summed E-state index contributed by atoms with van der Waals surface area (Å²) in [5, 5.41) is 12.3. The van der Waals surface area contributed by atoms with Crippen LogP contribution in [0.25, 0.3) is 0 Å². The zero-order chi connectivity index (χ0) is 16.6. The Hall–Kier alpha value is -2.63. The standard InChI is InChI=1S/C17H17FN2O3/c1-2-10-5-6-12(11(18)8-10)19-13-9-15(21)20-7-3-4-14(20)16(13)17(22)23/h5-6,8-9,19H,2-4,7H2,1H3,(H,22,23). The molecular formula is C17H17FN2O3. The molecule has 0 aliphatic carbocycles. The van der Waals surface area contributed by atoms with Crippen LogP contribution in [-0.4, -0.2) is 15.6 Å². The molecule has 0 spiro atoms. The highest BCUT2D eigenvalue weighted by atomic mass is 19.1. The molecule has 120 valence electrons. The molecule has 0 bridgehead atoms. The van der Waals surface area contributed by atoms with Crippen molar-refractivity contribution in [3.8, 4) is 0 Å². The number of fused-ring (bicyclic) bond motifs is 1.